The highest BCUT2D eigenvalue weighted by Gasteiger charge is 2.19. The summed E-state index contributed by atoms with van der Waals surface area (Å²) in [6, 6.07) is 5.63. The molecule has 0 radical (unpaired) electrons. The topological polar surface area (TPSA) is 76.7 Å². The molecule has 1 saturated heterocycles. The smallest absolute Gasteiger partial charge is 0.220 e. The first kappa shape index (κ1) is 16.1. The van der Waals surface area contributed by atoms with Crippen molar-refractivity contribution in [3.8, 4) is 11.5 Å². The van der Waals surface area contributed by atoms with E-state index in [2.05, 4.69) is 10.6 Å². The van der Waals surface area contributed by atoms with E-state index in [1.807, 2.05) is 12.1 Å². The van der Waals surface area contributed by atoms with Crippen molar-refractivity contribution in [2.75, 3.05) is 20.8 Å². The molecule has 1 aromatic carbocycles. The second-order valence-corrected chi connectivity index (χ2v) is 5.33. The summed E-state index contributed by atoms with van der Waals surface area (Å²) in [5.41, 5.74) is 0.989. The zero-order valence-corrected chi connectivity index (χ0v) is 13.0. The predicted octanol–water partition coefficient (Wildman–Crippen LogP) is 1.03. The van der Waals surface area contributed by atoms with Crippen LogP contribution in [0.4, 0.5) is 0 Å². The highest BCUT2D eigenvalue weighted by atomic mass is 16.5. The molecule has 0 saturated carbocycles. The van der Waals surface area contributed by atoms with Crippen molar-refractivity contribution in [1.29, 1.82) is 0 Å². The number of hydrogen-bond acceptors (Lipinski definition) is 4. The number of carbonyl (C=O) groups is 2. The summed E-state index contributed by atoms with van der Waals surface area (Å²) in [4.78, 5) is 23.1. The lowest BCUT2D eigenvalue weighted by Crippen LogP contribution is -2.47. The molecule has 0 bridgehead atoms. The van der Waals surface area contributed by atoms with Gasteiger partial charge in [0.05, 0.1) is 14.2 Å². The Hall–Kier alpha value is -2.24. The van der Waals surface area contributed by atoms with Crippen LogP contribution >= 0.6 is 0 Å². The van der Waals surface area contributed by atoms with E-state index in [1.165, 1.54) is 0 Å². The third kappa shape index (κ3) is 4.65. The minimum atomic E-state index is -0.0112. The van der Waals surface area contributed by atoms with E-state index in [0.717, 1.165) is 5.56 Å². The van der Waals surface area contributed by atoms with E-state index >= 15 is 0 Å². The fourth-order valence-corrected chi connectivity index (χ4v) is 2.42. The van der Waals surface area contributed by atoms with Crippen LogP contribution in [0.15, 0.2) is 18.2 Å². The van der Waals surface area contributed by atoms with E-state index in [-0.39, 0.29) is 17.9 Å². The number of piperidine rings is 1. The Morgan fingerprint density at radius 2 is 1.95 bits per heavy atom. The van der Waals surface area contributed by atoms with Crippen molar-refractivity contribution in [3.05, 3.63) is 23.8 Å². The molecule has 2 amide bonds. The number of nitrogens with one attached hydrogen (secondary N) is 2. The molecule has 1 aromatic rings. The SMILES string of the molecule is COc1cc(CCC(=O)NC2CCC(=O)NC2)cc(OC)c1. The van der Waals surface area contributed by atoms with Gasteiger partial charge in [-0.2, -0.15) is 0 Å². The second kappa shape index (κ2) is 7.68. The van der Waals surface area contributed by atoms with E-state index in [0.29, 0.717) is 43.7 Å². The number of hydrogen-bond donors (Lipinski definition) is 2. The molecule has 0 aliphatic carbocycles. The Labute approximate surface area is 130 Å². The first-order chi connectivity index (χ1) is 10.6. The van der Waals surface area contributed by atoms with Gasteiger partial charge in [0, 0.05) is 31.5 Å². The first-order valence-electron chi connectivity index (χ1n) is 7.38. The number of aryl methyl sites for hydroxylation is 1. The van der Waals surface area contributed by atoms with Gasteiger partial charge in [-0.05, 0) is 30.5 Å². The molecule has 1 fully saturated rings. The van der Waals surface area contributed by atoms with Crippen molar-refractivity contribution in [2.24, 2.45) is 0 Å². The average Bonchev–Trinajstić information content (AvgIpc) is 2.54. The molecule has 22 heavy (non-hydrogen) atoms. The molecule has 0 aromatic heterocycles. The van der Waals surface area contributed by atoms with Gasteiger partial charge < -0.3 is 20.1 Å². The number of carbonyl (C=O) groups excluding carboxylic acids is 2. The van der Waals surface area contributed by atoms with E-state index in [1.54, 1.807) is 20.3 Å². The third-order valence-electron chi connectivity index (χ3n) is 3.68. The van der Waals surface area contributed by atoms with Crippen molar-refractivity contribution in [2.45, 2.75) is 31.7 Å². The van der Waals surface area contributed by atoms with Crippen LogP contribution in [0.3, 0.4) is 0 Å². The highest BCUT2D eigenvalue weighted by Crippen LogP contribution is 2.23. The monoisotopic (exact) mass is 306 g/mol. The number of ether oxygens (including phenoxy) is 2. The molecule has 2 rings (SSSR count). The van der Waals surface area contributed by atoms with Gasteiger partial charge in [0.1, 0.15) is 11.5 Å². The van der Waals surface area contributed by atoms with Crippen molar-refractivity contribution >= 4 is 11.8 Å². The van der Waals surface area contributed by atoms with Gasteiger partial charge in [-0.3, -0.25) is 9.59 Å². The molecular weight excluding hydrogens is 284 g/mol. The Bertz CT molecular complexity index is 513. The largest absolute Gasteiger partial charge is 0.497 e. The lowest BCUT2D eigenvalue weighted by atomic mass is 10.1. The molecule has 0 spiro atoms. The maximum absolute atomic E-state index is 12.0. The normalized spacial score (nSPS) is 17.5. The maximum Gasteiger partial charge on any atom is 0.220 e. The van der Waals surface area contributed by atoms with Gasteiger partial charge in [-0.15, -0.1) is 0 Å². The number of benzene rings is 1. The van der Waals surface area contributed by atoms with Gasteiger partial charge >= 0.3 is 0 Å². The summed E-state index contributed by atoms with van der Waals surface area (Å²) in [6.07, 6.45) is 2.17. The van der Waals surface area contributed by atoms with Crippen LogP contribution in [0.2, 0.25) is 0 Å². The maximum atomic E-state index is 12.0. The third-order valence-corrected chi connectivity index (χ3v) is 3.68. The molecule has 1 atom stereocenters. The lowest BCUT2D eigenvalue weighted by Gasteiger charge is -2.23. The summed E-state index contributed by atoms with van der Waals surface area (Å²) >= 11 is 0. The Kier molecular flexibility index (Phi) is 5.63. The van der Waals surface area contributed by atoms with E-state index < -0.39 is 0 Å². The van der Waals surface area contributed by atoms with Crippen LogP contribution in [0.25, 0.3) is 0 Å². The number of rotatable bonds is 6. The Morgan fingerprint density at radius 3 is 2.50 bits per heavy atom. The molecule has 6 nitrogen and oxygen atoms in total. The zero-order valence-electron chi connectivity index (χ0n) is 13.0. The second-order valence-electron chi connectivity index (χ2n) is 5.33. The summed E-state index contributed by atoms with van der Waals surface area (Å²) < 4.78 is 10.4. The molecule has 2 N–H and O–H groups in total. The quantitative estimate of drug-likeness (QED) is 0.823. The van der Waals surface area contributed by atoms with Crippen molar-refractivity contribution < 1.29 is 19.1 Å². The predicted molar refractivity (Wildman–Crippen MR) is 82.0 cm³/mol. The fraction of sp³-hybridized carbons (Fsp3) is 0.500. The highest BCUT2D eigenvalue weighted by molar-refractivity contribution is 5.79. The zero-order chi connectivity index (χ0) is 15.9. The summed E-state index contributed by atoms with van der Waals surface area (Å²) in [5.74, 6) is 1.46. The number of methoxy groups -OCH3 is 2. The van der Waals surface area contributed by atoms with Gasteiger partial charge in [-0.25, -0.2) is 0 Å². The van der Waals surface area contributed by atoms with Crippen LogP contribution in [0.1, 0.15) is 24.8 Å². The molecule has 120 valence electrons. The molecule has 1 aliphatic rings. The summed E-state index contributed by atoms with van der Waals surface area (Å²) in [6.45, 7) is 0.511. The van der Waals surface area contributed by atoms with Crippen LogP contribution < -0.4 is 20.1 Å². The molecule has 1 aliphatic heterocycles. The van der Waals surface area contributed by atoms with Gasteiger partial charge in [0.25, 0.3) is 0 Å². The molecular formula is C16H22N2O4. The Morgan fingerprint density at radius 1 is 1.27 bits per heavy atom. The molecule has 6 heteroatoms. The van der Waals surface area contributed by atoms with Crippen LogP contribution in [-0.4, -0.2) is 38.6 Å². The van der Waals surface area contributed by atoms with Crippen molar-refractivity contribution in [3.63, 3.8) is 0 Å². The standard InChI is InChI=1S/C16H22N2O4/c1-21-13-7-11(8-14(9-13)22-2)3-5-16(20)18-12-4-6-15(19)17-10-12/h7-9,12H,3-6,10H2,1-2H3,(H,17,19)(H,18,20). The Balaban J connectivity index is 1.84. The number of amides is 2. The molecule has 1 unspecified atom stereocenters. The first-order valence-corrected chi connectivity index (χ1v) is 7.38. The minimum absolute atomic E-state index is 0.0112. The molecule has 1 heterocycles. The summed E-state index contributed by atoms with van der Waals surface area (Å²) in [5, 5.41) is 5.71. The van der Waals surface area contributed by atoms with Crippen molar-refractivity contribution in [1.82, 2.24) is 10.6 Å². The van der Waals surface area contributed by atoms with Crippen LogP contribution in [0, 0.1) is 0 Å². The van der Waals surface area contributed by atoms with Crippen LogP contribution in [0.5, 0.6) is 11.5 Å². The minimum Gasteiger partial charge on any atom is -0.497 e. The van der Waals surface area contributed by atoms with Crippen LogP contribution in [-0.2, 0) is 16.0 Å². The fourth-order valence-electron chi connectivity index (χ4n) is 2.42. The van der Waals surface area contributed by atoms with E-state index in [4.69, 9.17) is 9.47 Å². The summed E-state index contributed by atoms with van der Waals surface area (Å²) in [7, 11) is 3.20. The van der Waals surface area contributed by atoms with Gasteiger partial charge in [0.2, 0.25) is 11.8 Å². The van der Waals surface area contributed by atoms with Gasteiger partial charge in [0.15, 0.2) is 0 Å². The lowest BCUT2D eigenvalue weighted by molar-refractivity contribution is -0.125. The average molecular weight is 306 g/mol. The van der Waals surface area contributed by atoms with Gasteiger partial charge in [-0.1, -0.05) is 0 Å². The van der Waals surface area contributed by atoms with E-state index in [9.17, 15) is 9.59 Å².